The number of thioether (sulfide) groups is 1. The fourth-order valence-electron chi connectivity index (χ4n) is 1.88. The van der Waals surface area contributed by atoms with E-state index in [1.807, 2.05) is 30.3 Å². The molecule has 0 spiro atoms. The highest BCUT2D eigenvalue weighted by Crippen LogP contribution is 2.22. The minimum absolute atomic E-state index is 0.00283. The number of phenols is 2. The smallest absolute Gasteiger partial charge is 0.212 e. The first-order valence-corrected chi connectivity index (χ1v) is 7.84. The van der Waals surface area contributed by atoms with Crippen molar-refractivity contribution in [2.24, 2.45) is 5.10 Å². The summed E-state index contributed by atoms with van der Waals surface area (Å²) >= 11 is 1.52. The maximum absolute atomic E-state index is 9.74. The zero-order chi connectivity index (χ0) is 16.1. The predicted molar refractivity (Wildman–Crippen MR) is 88.8 cm³/mol. The Bertz CT molecular complexity index is 818. The molecular weight excluding hydrogens is 312 g/mol. The lowest BCUT2D eigenvalue weighted by atomic mass is 10.2. The van der Waals surface area contributed by atoms with Crippen LogP contribution in [0, 0.1) is 0 Å². The van der Waals surface area contributed by atoms with Crippen molar-refractivity contribution >= 4 is 18.0 Å². The van der Waals surface area contributed by atoms with Crippen LogP contribution in [0.5, 0.6) is 11.5 Å². The molecule has 0 fully saturated rings. The molecule has 23 heavy (non-hydrogen) atoms. The van der Waals surface area contributed by atoms with Crippen LogP contribution in [-0.4, -0.2) is 31.3 Å². The molecule has 3 rings (SSSR count). The van der Waals surface area contributed by atoms with Crippen LogP contribution in [-0.2, 0) is 5.75 Å². The van der Waals surface area contributed by atoms with Crippen molar-refractivity contribution in [2.45, 2.75) is 10.9 Å². The molecule has 1 aromatic heterocycles. The quantitative estimate of drug-likeness (QED) is 0.556. The first-order valence-electron chi connectivity index (χ1n) is 6.85. The van der Waals surface area contributed by atoms with Gasteiger partial charge in [-0.25, -0.2) is 0 Å². The van der Waals surface area contributed by atoms with Gasteiger partial charge in [-0.05, 0) is 17.7 Å². The average Bonchev–Trinajstić information content (AvgIpc) is 3.00. The van der Waals surface area contributed by atoms with E-state index in [0.717, 1.165) is 5.75 Å². The predicted octanol–water partition coefficient (Wildman–Crippen LogP) is 2.86. The minimum Gasteiger partial charge on any atom is -0.508 e. The fraction of sp³-hybridized carbons (Fsp3) is 0.0625. The molecule has 0 aliphatic carbocycles. The van der Waals surface area contributed by atoms with E-state index in [0.29, 0.717) is 10.7 Å². The molecule has 7 heteroatoms. The van der Waals surface area contributed by atoms with E-state index < -0.39 is 0 Å². The molecule has 1 heterocycles. The van der Waals surface area contributed by atoms with Crippen LogP contribution in [0.1, 0.15) is 11.1 Å². The lowest BCUT2D eigenvalue weighted by Crippen LogP contribution is -1.93. The maximum Gasteiger partial charge on any atom is 0.212 e. The zero-order valence-electron chi connectivity index (χ0n) is 12.1. The summed E-state index contributed by atoms with van der Waals surface area (Å²) in [7, 11) is 0. The van der Waals surface area contributed by atoms with Crippen LogP contribution in [0.4, 0.5) is 0 Å². The summed E-state index contributed by atoms with van der Waals surface area (Å²) in [6.45, 7) is 0. The Morgan fingerprint density at radius 3 is 2.74 bits per heavy atom. The Morgan fingerprint density at radius 1 is 1.13 bits per heavy atom. The largest absolute Gasteiger partial charge is 0.508 e. The van der Waals surface area contributed by atoms with Crippen molar-refractivity contribution in [1.29, 1.82) is 0 Å². The van der Waals surface area contributed by atoms with Crippen LogP contribution in [0.3, 0.4) is 0 Å². The maximum atomic E-state index is 9.74. The van der Waals surface area contributed by atoms with Gasteiger partial charge in [0.25, 0.3) is 0 Å². The summed E-state index contributed by atoms with van der Waals surface area (Å²) in [6.07, 6.45) is 2.99. The van der Waals surface area contributed by atoms with Crippen LogP contribution in [0.2, 0.25) is 0 Å². The van der Waals surface area contributed by atoms with Gasteiger partial charge in [0.1, 0.15) is 17.8 Å². The lowest BCUT2D eigenvalue weighted by Gasteiger charge is -2.02. The summed E-state index contributed by atoms with van der Waals surface area (Å²) in [6, 6.07) is 14.4. The summed E-state index contributed by atoms with van der Waals surface area (Å²) in [5, 5.41) is 31.8. The molecule has 0 aliphatic heterocycles. The molecule has 0 amide bonds. The summed E-state index contributed by atoms with van der Waals surface area (Å²) in [5.74, 6) is 0.725. The SMILES string of the molecule is Oc1ccc(/C=N/n2cnnc2SCc2ccccc2)c(O)c1. The van der Waals surface area contributed by atoms with E-state index in [1.54, 1.807) is 10.7 Å². The van der Waals surface area contributed by atoms with Crippen LogP contribution in [0.25, 0.3) is 0 Å². The number of aromatic nitrogens is 3. The molecule has 0 unspecified atom stereocenters. The van der Waals surface area contributed by atoms with Crippen LogP contribution >= 0.6 is 11.8 Å². The standard InChI is InChI=1S/C16H14N4O2S/c21-14-7-6-13(15(22)8-14)9-18-20-11-17-19-16(20)23-10-12-4-2-1-3-5-12/h1-9,11,21-22H,10H2/b18-9+. The van der Waals surface area contributed by atoms with Crippen molar-refractivity contribution in [3.63, 3.8) is 0 Å². The third-order valence-corrected chi connectivity index (χ3v) is 4.05. The second kappa shape index (κ2) is 6.97. The van der Waals surface area contributed by atoms with Gasteiger partial charge in [-0.3, -0.25) is 0 Å². The van der Waals surface area contributed by atoms with Gasteiger partial charge in [0.15, 0.2) is 0 Å². The van der Waals surface area contributed by atoms with Gasteiger partial charge in [-0.15, -0.1) is 10.2 Å². The zero-order valence-corrected chi connectivity index (χ0v) is 12.9. The molecule has 6 nitrogen and oxygen atoms in total. The molecule has 3 aromatic rings. The van der Waals surface area contributed by atoms with E-state index >= 15 is 0 Å². The van der Waals surface area contributed by atoms with E-state index in [1.165, 1.54) is 42.0 Å². The number of rotatable bonds is 5. The number of aromatic hydroxyl groups is 2. The molecular formula is C16H14N4O2S. The van der Waals surface area contributed by atoms with Crippen molar-refractivity contribution in [2.75, 3.05) is 0 Å². The summed E-state index contributed by atoms with van der Waals surface area (Å²) in [4.78, 5) is 0. The molecule has 0 saturated carbocycles. The van der Waals surface area contributed by atoms with Gasteiger partial charge >= 0.3 is 0 Å². The van der Waals surface area contributed by atoms with Crippen molar-refractivity contribution in [3.8, 4) is 11.5 Å². The minimum atomic E-state index is -0.0414. The average molecular weight is 326 g/mol. The van der Waals surface area contributed by atoms with E-state index in [-0.39, 0.29) is 11.5 Å². The van der Waals surface area contributed by atoms with E-state index in [2.05, 4.69) is 15.3 Å². The normalized spacial score (nSPS) is 11.1. The number of phenolic OH excluding ortho intramolecular Hbond substituents is 2. The van der Waals surface area contributed by atoms with E-state index in [9.17, 15) is 10.2 Å². The first kappa shape index (κ1) is 15.1. The van der Waals surface area contributed by atoms with Crippen molar-refractivity contribution < 1.29 is 10.2 Å². The molecule has 0 aliphatic rings. The Balaban J connectivity index is 1.72. The van der Waals surface area contributed by atoms with Crippen molar-refractivity contribution in [3.05, 3.63) is 66.0 Å². The fourth-order valence-corrected chi connectivity index (χ4v) is 2.70. The monoisotopic (exact) mass is 326 g/mol. The molecule has 2 N–H and O–H groups in total. The molecule has 0 radical (unpaired) electrons. The van der Waals surface area contributed by atoms with Gasteiger partial charge in [-0.2, -0.15) is 9.78 Å². The molecule has 116 valence electrons. The molecule has 0 atom stereocenters. The molecule has 0 bridgehead atoms. The van der Waals surface area contributed by atoms with Gasteiger partial charge in [0.2, 0.25) is 5.16 Å². The second-order valence-electron chi connectivity index (χ2n) is 4.72. The Labute approximate surface area is 137 Å². The lowest BCUT2D eigenvalue weighted by molar-refractivity contribution is 0.450. The van der Waals surface area contributed by atoms with Gasteiger partial charge < -0.3 is 10.2 Å². The number of nitrogens with zero attached hydrogens (tertiary/aromatic N) is 4. The van der Waals surface area contributed by atoms with Gasteiger partial charge in [-0.1, -0.05) is 42.1 Å². The Morgan fingerprint density at radius 2 is 1.96 bits per heavy atom. The molecule has 2 aromatic carbocycles. The Kier molecular flexibility index (Phi) is 4.58. The first-order chi connectivity index (χ1) is 11.2. The number of hydrogen-bond acceptors (Lipinski definition) is 6. The van der Waals surface area contributed by atoms with Gasteiger partial charge in [0, 0.05) is 17.4 Å². The Hall–Kier alpha value is -2.80. The highest BCUT2D eigenvalue weighted by atomic mass is 32.2. The number of benzene rings is 2. The second-order valence-corrected chi connectivity index (χ2v) is 5.66. The molecule has 0 saturated heterocycles. The van der Waals surface area contributed by atoms with Crippen LogP contribution in [0.15, 0.2) is 65.1 Å². The van der Waals surface area contributed by atoms with Crippen LogP contribution < -0.4 is 0 Å². The summed E-state index contributed by atoms with van der Waals surface area (Å²) < 4.78 is 1.54. The van der Waals surface area contributed by atoms with E-state index in [4.69, 9.17) is 0 Å². The topological polar surface area (TPSA) is 83.5 Å². The number of hydrogen-bond donors (Lipinski definition) is 2. The summed E-state index contributed by atoms with van der Waals surface area (Å²) in [5.41, 5.74) is 1.68. The van der Waals surface area contributed by atoms with Crippen molar-refractivity contribution in [1.82, 2.24) is 14.9 Å². The highest BCUT2D eigenvalue weighted by molar-refractivity contribution is 7.98. The third kappa shape index (κ3) is 3.89. The highest BCUT2D eigenvalue weighted by Gasteiger charge is 2.05. The third-order valence-electron chi connectivity index (χ3n) is 3.05. The van der Waals surface area contributed by atoms with Gasteiger partial charge in [0.05, 0.1) is 6.21 Å².